The molecule has 0 aromatic heterocycles. The molecule has 0 spiro atoms. The molecule has 0 saturated heterocycles. The lowest BCUT2D eigenvalue weighted by Crippen LogP contribution is -2.49. The minimum Gasteiger partial charge on any atom is -0.396 e. The van der Waals surface area contributed by atoms with Crippen LogP contribution in [0, 0.1) is 0 Å². The number of hydrogen-bond acceptors (Lipinski definition) is 3. The van der Waals surface area contributed by atoms with Crippen LogP contribution in [0.4, 0.5) is 5.69 Å². The van der Waals surface area contributed by atoms with E-state index >= 15 is 0 Å². The van der Waals surface area contributed by atoms with E-state index in [0.29, 0.717) is 0 Å². The van der Waals surface area contributed by atoms with Gasteiger partial charge in [-0.05, 0) is 5.46 Å². The quantitative estimate of drug-likeness (QED) is 0.298. The molecule has 0 amide bonds. The van der Waals surface area contributed by atoms with Crippen molar-refractivity contribution in [3.05, 3.63) is 20.4 Å². The summed E-state index contributed by atoms with van der Waals surface area (Å²) in [7, 11) is 4.94. The van der Waals surface area contributed by atoms with Crippen molar-refractivity contribution in [2.75, 3.05) is 5.73 Å². The summed E-state index contributed by atoms with van der Waals surface area (Å²) in [5.74, 6) is 0. The van der Waals surface area contributed by atoms with Crippen molar-refractivity contribution < 1.29 is 0 Å². The van der Waals surface area contributed by atoms with Crippen LogP contribution in [-0.2, 0) is 0 Å². The SMILES string of the molecule is [B]c1c(N)c(=O)c1=O. The lowest BCUT2D eigenvalue weighted by Gasteiger charge is -1.96. The lowest BCUT2D eigenvalue weighted by atomic mass is 9.89. The molecule has 0 heterocycles. The van der Waals surface area contributed by atoms with Gasteiger partial charge >= 0.3 is 0 Å². The number of rotatable bonds is 0. The average Bonchev–Trinajstić information content (AvgIpc) is 1.83. The summed E-state index contributed by atoms with van der Waals surface area (Å²) in [5.41, 5.74) is 3.41. The summed E-state index contributed by atoms with van der Waals surface area (Å²) in [5, 5.41) is 0. The summed E-state index contributed by atoms with van der Waals surface area (Å²) in [6.07, 6.45) is 0. The zero-order valence-corrected chi connectivity index (χ0v) is 3.97. The van der Waals surface area contributed by atoms with Crippen LogP contribution < -0.4 is 22.1 Å². The van der Waals surface area contributed by atoms with Gasteiger partial charge in [0, 0.05) is 0 Å². The van der Waals surface area contributed by atoms with Crippen LogP contribution in [-0.4, -0.2) is 7.85 Å². The van der Waals surface area contributed by atoms with Crippen LogP contribution >= 0.6 is 0 Å². The van der Waals surface area contributed by atoms with Crippen molar-refractivity contribution in [3.8, 4) is 0 Å². The second-order valence-electron chi connectivity index (χ2n) is 1.49. The maximum atomic E-state index is 10.2. The van der Waals surface area contributed by atoms with Gasteiger partial charge in [0.1, 0.15) is 7.85 Å². The molecule has 0 unspecified atom stereocenters. The standard InChI is InChI=1S/C4H2BNO2/c5-1-2(6)4(8)3(1)7/h6H2. The molecule has 4 heteroatoms. The van der Waals surface area contributed by atoms with Crippen LogP contribution in [0.3, 0.4) is 0 Å². The highest BCUT2D eigenvalue weighted by atomic mass is 16.2. The summed E-state index contributed by atoms with van der Waals surface area (Å²) in [6.45, 7) is 0. The Morgan fingerprint density at radius 3 is 1.88 bits per heavy atom. The highest BCUT2D eigenvalue weighted by Gasteiger charge is 2.10. The largest absolute Gasteiger partial charge is 0.396 e. The maximum absolute atomic E-state index is 10.2. The van der Waals surface area contributed by atoms with Gasteiger partial charge in [-0.2, -0.15) is 0 Å². The topological polar surface area (TPSA) is 60.2 Å². The molecule has 0 aliphatic rings. The fourth-order valence-electron chi connectivity index (χ4n) is 0.427. The number of hydrogen-bond donors (Lipinski definition) is 1. The molecule has 0 aliphatic heterocycles. The van der Waals surface area contributed by atoms with E-state index in [4.69, 9.17) is 13.6 Å². The monoisotopic (exact) mass is 107 g/mol. The van der Waals surface area contributed by atoms with E-state index in [1.54, 1.807) is 0 Å². The van der Waals surface area contributed by atoms with E-state index in [1.807, 2.05) is 0 Å². The van der Waals surface area contributed by atoms with E-state index in [9.17, 15) is 9.59 Å². The van der Waals surface area contributed by atoms with Crippen LogP contribution in [0.5, 0.6) is 0 Å². The third-order valence-electron chi connectivity index (χ3n) is 0.986. The fraction of sp³-hybridized carbons (Fsp3) is 0. The van der Waals surface area contributed by atoms with Gasteiger partial charge < -0.3 is 5.73 Å². The Morgan fingerprint density at radius 2 is 1.75 bits per heavy atom. The summed E-state index contributed by atoms with van der Waals surface area (Å²) in [4.78, 5) is 20.3. The molecule has 2 radical (unpaired) electrons. The fourth-order valence-corrected chi connectivity index (χ4v) is 0.427. The summed E-state index contributed by atoms with van der Waals surface area (Å²) < 4.78 is 0. The van der Waals surface area contributed by atoms with Gasteiger partial charge in [-0.25, -0.2) is 0 Å². The normalized spacial score (nSPS) is 10.0. The number of nitrogens with two attached hydrogens (primary N) is 1. The van der Waals surface area contributed by atoms with Gasteiger partial charge in [0.2, 0.25) is 10.9 Å². The molecule has 8 heavy (non-hydrogen) atoms. The zero-order chi connectivity index (χ0) is 6.31. The van der Waals surface area contributed by atoms with Gasteiger partial charge in [0.15, 0.2) is 0 Å². The van der Waals surface area contributed by atoms with E-state index in [2.05, 4.69) is 0 Å². The van der Waals surface area contributed by atoms with Crippen LogP contribution in [0.15, 0.2) is 9.59 Å². The second-order valence-corrected chi connectivity index (χ2v) is 1.49. The Kier molecular flexibility index (Phi) is 0.772. The smallest absolute Gasteiger partial charge is 0.247 e. The van der Waals surface area contributed by atoms with Crippen molar-refractivity contribution in [2.24, 2.45) is 0 Å². The first-order chi connectivity index (χ1) is 3.64. The van der Waals surface area contributed by atoms with Crippen LogP contribution in [0.2, 0.25) is 0 Å². The molecule has 0 saturated carbocycles. The average molecular weight is 107 g/mol. The Morgan fingerprint density at radius 1 is 1.25 bits per heavy atom. The summed E-state index contributed by atoms with van der Waals surface area (Å²) in [6, 6.07) is 0. The molecule has 0 aliphatic carbocycles. The molecule has 0 fully saturated rings. The molecule has 2 N–H and O–H groups in total. The van der Waals surface area contributed by atoms with Gasteiger partial charge in [-0.1, -0.05) is 0 Å². The van der Waals surface area contributed by atoms with Crippen molar-refractivity contribution in [1.29, 1.82) is 0 Å². The zero-order valence-electron chi connectivity index (χ0n) is 3.97. The van der Waals surface area contributed by atoms with E-state index in [1.165, 1.54) is 0 Å². The highest BCUT2D eigenvalue weighted by Crippen LogP contribution is 1.76. The molecule has 1 aromatic carbocycles. The maximum Gasteiger partial charge on any atom is 0.247 e. The van der Waals surface area contributed by atoms with Gasteiger partial charge in [-0.15, -0.1) is 0 Å². The van der Waals surface area contributed by atoms with Gasteiger partial charge in [0.05, 0.1) is 5.69 Å². The third kappa shape index (κ3) is 0.345. The van der Waals surface area contributed by atoms with Crippen LogP contribution in [0.1, 0.15) is 0 Å². The first-order valence-electron chi connectivity index (χ1n) is 1.99. The molecule has 1 rings (SSSR count). The summed E-state index contributed by atoms with van der Waals surface area (Å²) >= 11 is 0. The third-order valence-corrected chi connectivity index (χ3v) is 0.986. The molecule has 1 aromatic rings. The highest BCUT2D eigenvalue weighted by molar-refractivity contribution is 6.36. The molecule has 38 valence electrons. The van der Waals surface area contributed by atoms with Gasteiger partial charge in [-0.3, -0.25) is 9.59 Å². The Bertz CT molecular complexity index is 254. The molecular formula is C4H2BNO2. The Hall–Kier alpha value is -1.06. The first kappa shape index (κ1) is 5.09. The van der Waals surface area contributed by atoms with Gasteiger partial charge in [0.25, 0.3) is 0 Å². The lowest BCUT2D eigenvalue weighted by molar-refractivity contribution is 1.48. The molecule has 0 bridgehead atoms. The van der Waals surface area contributed by atoms with Crippen molar-refractivity contribution in [1.82, 2.24) is 0 Å². The molecular weight excluding hydrogens is 105 g/mol. The Balaban J connectivity index is 3.48. The van der Waals surface area contributed by atoms with E-state index < -0.39 is 10.9 Å². The molecule has 3 nitrogen and oxygen atoms in total. The minimum atomic E-state index is -0.664. The molecule has 0 atom stereocenters. The Labute approximate surface area is 46.2 Å². The number of nitrogen functional groups attached to an aromatic ring is 1. The van der Waals surface area contributed by atoms with E-state index in [0.717, 1.165) is 0 Å². The van der Waals surface area contributed by atoms with Crippen molar-refractivity contribution in [2.45, 2.75) is 0 Å². The van der Waals surface area contributed by atoms with Crippen molar-refractivity contribution >= 4 is 19.0 Å². The predicted octanol–water partition coefficient (Wildman–Crippen LogP) is -2.34. The first-order valence-corrected chi connectivity index (χ1v) is 1.99. The van der Waals surface area contributed by atoms with E-state index in [-0.39, 0.29) is 11.2 Å². The predicted molar refractivity (Wildman–Crippen MR) is 31.2 cm³/mol. The van der Waals surface area contributed by atoms with Crippen LogP contribution in [0.25, 0.3) is 0 Å². The second kappa shape index (κ2) is 1.21. The number of anilines is 1. The minimum absolute atomic E-state index is 0.102. The van der Waals surface area contributed by atoms with Crippen molar-refractivity contribution in [3.63, 3.8) is 0 Å².